The largest absolute Gasteiger partial charge is 0.480 e. The number of nitrogens with zero attached hydrogens (tertiary/aromatic N) is 3. The van der Waals surface area contributed by atoms with Crippen LogP contribution >= 0.6 is 0 Å². The molecule has 7 heteroatoms. The van der Waals surface area contributed by atoms with Gasteiger partial charge in [0.25, 0.3) is 0 Å². The molecular formula is C16H17N3O4. The van der Waals surface area contributed by atoms with Gasteiger partial charge >= 0.3 is 5.97 Å². The van der Waals surface area contributed by atoms with Gasteiger partial charge in [-0.3, -0.25) is 14.3 Å². The summed E-state index contributed by atoms with van der Waals surface area (Å²) in [4.78, 5) is 37.1. The third kappa shape index (κ3) is 2.94. The molecule has 0 spiro atoms. The summed E-state index contributed by atoms with van der Waals surface area (Å²) in [6.07, 6.45) is 3.26. The highest BCUT2D eigenvalue weighted by molar-refractivity contribution is 5.85. The van der Waals surface area contributed by atoms with Crippen molar-refractivity contribution in [3.05, 3.63) is 40.7 Å². The van der Waals surface area contributed by atoms with Crippen molar-refractivity contribution in [2.45, 2.75) is 31.8 Å². The van der Waals surface area contributed by atoms with Crippen LogP contribution in [0, 0.1) is 0 Å². The number of likely N-dealkylation sites (tertiary alicyclic amines) is 1. The van der Waals surface area contributed by atoms with E-state index < -0.39 is 12.0 Å². The summed E-state index contributed by atoms with van der Waals surface area (Å²) in [5, 5.41) is 13.8. The average Bonchev–Trinajstić information content (AvgIpc) is 2.57. The van der Waals surface area contributed by atoms with Gasteiger partial charge in [-0.2, -0.15) is 5.10 Å². The third-order valence-electron chi connectivity index (χ3n) is 4.16. The topological polar surface area (TPSA) is 92.5 Å². The van der Waals surface area contributed by atoms with E-state index in [1.807, 2.05) is 0 Å². The number of piperidine rings is 1. The van der Waals surface area contributed by atoms with E-state index in [0.717, 1.165) is 12.8 Å². The van der Waals surface area contributed by atoms with Crippen molar-refractivity contribution in [2.24, 2.45) is 0 Å². The summed E-state index contributed by atoms with van der Waals surface area (Å²) in [6, 6.07) is 6.15. The van der Waals surface area contributed by atoms with Crippen LogP contribution < -0.4 is 5.43 Å². The maximum Gasteiger partial charge on any atom is 0.326 e. The molecule has 1 atom stereocenters. The number of benzene rings is 1. The van der Waals surface area contributed by atoms with E-state index in [9.17, 15) is 19.5 Å². The number of fused-ring (bicyclic) bond motifs is 1. The normalized spacial score (nSPS) is 18.1. The predicted molar refractivity (Wildman–Crippen MR) is 83.0 cm³/mol. The second-order valence-corrected chi connectivity index (χ2v) is 5.62. The summed E-state index contributed by atoms with van der Waals surface area (Å²) in [6.45, 7) is 0.360. The highest BCUT2D eigenvalue weighted by Crippen LogP contribution is 2.18. The molecule has 7 nitrogen and oxygen atoms in total. The molecule has 0 unspecified atom stereocenters. The Morgan fingerprint density at radius 3 is 2.83 bits per heavy atom. The van der Waals surface area contributed by atoms with Crippen LogP contribution in [0.1, 0.15) is 19.3 Å². The molecule has 1 aromatic heterocycles. The Hall–Kier alpha value is -2.70. The lowest BCUT2D eigenvalue weighted by Crippen LogP contribution is -2.49. The Morgan fingerprint density at radius 1 is 1.26 bits per heavy atom. The van der Waals surface area contributed by atoms with Crippen LogP contribution in [0.15, 0.2) is 35.3 Å². The summed E-state index contributed by atoms with van der Waals surface area (Å²) >= 11 is 0. The number of aromatic nitrogens is 2. The molecule has 1 aromatic carbocycles. The number of carboxylic acids is 1. The maximum atomic E-state index is 12.5. The van der Waals surface area contributed by atoms with Crippen molar-refractivity contribution in [2.75, 3.05) is 6.54 Å². The number of aliphatic carboxylic acids is 1. The van der Waals surface area contributed by atoms with Gasteiger partial charge in [0.1, 0.15) is 12.6 Å². The van der Waals surface area contributed by atoms with Crippen molar-refractivity contribution in [1.29, 1.82) is 0 Å². The van der Waals surface area contributed by atoms with Crippen molar-refractivity contribution < 1.29 is 14.7 Å². The van der Waals surface area contributed by atoms with Gasteiger partial charge in [0.05, 0.1) is 11.7 Å². The monoisotopic (exact) mass is 315 g/mol. The summed E-state index contributed by atoms with van der Waals surface area (Å²) < 4.78 is 1.45. The predicted octanol–water partition coefficient (Wildman–Crippen LogP) is 0.862. The zero-order valence-corrected chi connectivity index (χ0v) is 12.5. The molecule has 0 saturated carbocycles. The van der Waals surface area contributed by atoms with E-state index in [2.05, 4.69) is 5.10 Å². The van der Waals surface area contributed by atoms with E-state index in [1.165, 1.54) is 15.8 Å². The molecule has 120 valence electrons. The maximum absolute atomic E-state index is 12.5. The number of hydrogen-bond donors (Lipinski definition) is 1. The Labute approximate surface area is 132 Å². The Morgan fingerprint density at radius 2 is 2.04 bits per heavy atom. The van der Waals surface area contributed by atoms with E-state index in [4.69, 9.17) is 0 Å². The van der Waals surface area contributed by atoms with Crippen LogP contribution in [0.2, 0.25) is 0 Å². The number of para-hydroxylation sites is 1. The molecule has 1 saturated heterocycles. The summed E-state index contributed by atoms with van der Waals surface area (Å²) in [7, 11) is 0. The van der Waals surface area contributed by atoms with Crippen LogP contribution in [0.25, 0.3) is 10.9 Å². The summed E-state index contributed by atoms with van der Waals surface area (Å²) in [5.74, 6) is -1.27. The van der Waals surface area contributed by atoms with E-state index >= 15 is 0 Å². The molecule has 0 bridgehead atoms. The first-order valence-electron chi connectivity index (χ1n) is 7.55. The quantitative estimate of drug-likeness (QED) is 0.907. The molecule has 1 N–H and O–H groups in total. The number of carbonyl (C=O) groups excluding carboxylic acids is 1. The molecule has 1 fully saturated rings. The van der Waals surface area contributed by atoms with Gasteiger partial charge in [0.15, 0.2) is 0 Å². The van der Waals surface area contributed by atoms with E-state index in [0.29, 0.717) is 23.9 Å². The van der Waals surface area contributed by atoms with Crippen LogP contribution in [0.5, 0.6) is 0 Å². The first-order valence-corrected chi connectivity index (χ1v) is 7.55. The van der Waals surface area contributed by atoms with Gasteiger partial charge in [-0.15, -0.1) is 0 Å². The van der Waals surface area contributed by atoms with Crippen LogP contribution in [-0.2, 0) is 16.1 Å². The Kier molecular flexibility index (Phi) is 4.10. The van der Waals surface area contributed by atoms with Crippen LogP contribution in [-0.4, -0.2) is 44.3 Å². The lowest BCUT2D eigenvalue weighted by Gasteiger charge is -2.33. The van der Waals surface area contributed by atoms with Gasteiger partial charge in [-0.25, -0.2) is 4.79 Å². The molecule has 0 aliphatic carbocycles. The van der Waals surface area contributed by atoms with E-state index in [1.54, 1.807) is 24.3 Å². The SMILES string of the molecule is O=C(O)[C@H]1CCCCN1C(=O)Cn1ncc(=O)c2ccccc21. The molecule has 0 radical (unpaired) electrons. The molecule has 23 heavy (non-hydrogen) atoms. The standard InChI is InChI=1S/C16H17N3O4/c20-14-9-17-19(12-6-2-1-5-11(12)14)10-15(21)18-8-4-3-7-13(18)16(22)23/h1-2,5-6,9,13H,3-4,7-8,10H2,(H,22,23)/t13-/m1/s1. The average molecular weight is 315 g/mol. The van der Waals surface area contributed by atoms with Gasteiger partial charge in [-0.05, 0) is 31.4 Å². The first kappa shape index (κ1) is 15.2. The van der Waals surface area contributed by atoms with E-state index in [-0.39, 0.29) is 17.9 Å². The fraction of sp³-hybridized carbons (Fsp3) is 0.375. The highest BCUT2D eigenvalue weighted by atomic mass is 16.4. The van der Waals surface area contributed by atoms with Gasteiger partial charge in [0.2, 0.25) is 11.3 Å². The van der Waals surface area contributed by atoms with Crippen molar-refractivity contribution in [1.82, 2.24) is 14.7 Å². The minimum Gasteiger partial charge on any atom is -0.480 e. The van der Waals surface area contributed by atoms with Crippen molar-refractivity contribution in [3.63, 3.8) is 0 Å². The van der Waals surface area contributed by atoms with Gasteiger partial charge < -0.3 is 10.0 Å². The highest BCUT2D eigenvalue weighted by Gasteiger charge is 2.32. The van der Waals surface area contributed by atoms with Crippen LogP contribution in [0.4, 0.5) is 0 Å². The first-order chi connectivity index (χ1) is 11.1. The zero-order valence-electron chi connectivity index (χ0n) is 12.5. The second kappa shape index (κ2) is 6.20. The molecule has 1 aliphatic rings. The zero-order chi connectivity index (χ0) is 16.4. The fourth-order valence-electron chi connectivity index (χ4n) is 2.99. The minimum atomic E-state index is -0.976. The molecule has 1 amide bonds. The fourth-order valence-corrected chi connectivity index (χ4v) is 2.99. The number of carbonyl (C=O) groups is 2. The lowest BCUT2D eigenvalue weighted by molar-refractivity contribution is -0.152. The smallest absolute Gasteiger partial charge is 0.326 e. The molecule has 3 rings (SSSR count). The van der Waals surface area contributed by atoms with Crippen molar-refractivity contribution >= 4 is 22.8 Å². The number of amides is 1. The van der Waals surface area contributed by atoms with Gasteiger partial charge in [-0.1, -0.05) is 12.1 Å². The third-order valence-corrected chi connectivity index (χ3v) is 4.16. The van der Waals surface area contributed by atoms with Crippen LogP contribution in [0.3, 0.4) is 0 Å². The molecule has 1 aliphatic heterocycles. The van der Waals surface area contributed by atoms with Crippen molar-refractivity contribution in [3.8, 4) is 0 Å². The Bertz CT molecular complexity index is 814. The Balaban J connectivity index is 1.90. The van der Waals surface area contributed by atoms with Gasteiger partial charge in [0, 0.05) is 11.9 Å². The number of carboxylic acid groups (broad SMARTS) is 1. The molecule has 2 heterocycles. The molecular weight excluding hydrogens is 298 g/mol. The molecule has 2 aromatic rings. The number of rotatable bonds is 3. The lowest BCUT2D eigenvalue weighted by atomic mass is 10.0. The minimum absolute atomic E-state index is 0.0788. The summed E-state index contributed by atoms with van der Waals surface area (Å²) in [5.41, 5.74) is 0.364. The number of hydrogen-bond acceptors (Lipinski definition) is 4. The second-order valence-electron chi connectivity index (χ2n) is 5.62.